The molecular weight excluding hydrogens is 268 g/mol. The van der Waals surface area contributed by atoms with Crippen LogP contribution in [0.5, 0.6) is 0 Å². The van der Waals surface area contributed by atoms with Crippen molar-refractivity contribution in [1.82, 2.24) is 0 Å². The van der Waals surface area contributed by atoms with Crippen LogP contribution in [-0.4, -0.2) is 19.0 Å². The fourth-order valence-electron chi connectivity index (χ4n) is 2.12. The van der Waals surface area contributed by atoms with Crippen molar-refractivity contribution in [2.45, 2.75) is 12.8 Å². The second-order valence-corrected chi connectivity index (χ2v) is 5.08. The number of nitrogens with two attached hydrogens (primary N) is 1. The van der Waals surface area contributed by atoms with Crippen LogP contribution in [0.2, 0.25) is 0 Å². The highest BCUT2D eigenvalue weighted by atomic mass is 79.9. The average Bonchev–Trinajstić information content (AvgIpc) is 2.29. The van der Waals surface area contributed by atoms with E-state index >= 15 is 0 Å². The average molecular weight is 283 g/mol. The van der Waals surface area contributed by atoms with Gasteiger partial charge in [-0.1, -0.05) is 22.0 Å². The molecule has 0 radical (unpaired) electrons. The zero-order valence-electron chi connectivity index (χ0n) is 9.03. The Labute approximate surface area is 104 Å². The number of carbonyl (C=O) groups excluding carboxylic acids is 1. The standard InChI is InChI=1S/C12H15BrN2O/c13-10-4-1-5-11(7-10)15-6-2-3-9(8-15)12(14)16/h1,4-5,7,9H,2-3,6,8H2,(H2,14,16). The van der Waals surface area contributed by atoms with Gasteiger partial charge in [-0.15, -0.1) is 0 Å². The minimum absolute atomic E-state index is 0.00673. The molecule has 16 heavy (non-hydrogen) atoms. The lowest BCUT2D eigenvalue weighted by Crippen LogP contribution is -2.41. The fourth-order valence-corrected chi connectivity index (χ4v) is 2.50. The number of piperidine rings is 1. The molecule has 1 amide bonds. The van der Waals surface area contributed by atoms with Gasteiger partial charge < -0.3 is 10.6 Å². The Morgan fingerprint density at radius 2 is 2.31 bits per heavy atom. The number of carbonyl (C=O) groups is 1. The Morgan fingerprint density at radius 1 is 1.50 bits per heavy atom. The maximum atomic E-state index is 11.2. The largest absolute Gasteiger partial charge is 0.371 e. The summed E-state index contributed by atoms with van der Waals surface area (Å²) in [7, 11) is 0. The topological polar surface area (TPSA) is 46.3 Å². The number of hydrogen-bond donors (Lipinski definition) is 1. The van der Waals surface area contributed by atoms with Crippen molar-refractivity contribution in [1.29, 1.82) is 0 Å². The lowest BCUT2D eigenvalue weighted by atomic mass is 9.97. The minimum atomic E-state index is -0.181. The molecule has 0 aromatic heterocycles. The van der Waals surface area contributed by atoms with Crippen LogP contribution in [0.15, 0.2) is 28.7 Å². The van der Waals surface area contributed by atoms with E-state index in [1.54, 1.807) is 0 Å². The quantitative estimate of drug-likeness (QED) is 0.904. The second kappa shape index (κ2) is 4.87. The van der Waals surface area contributed by atoms with Crippen LogP contribution in [0.1, 0.15) is 12.8 Å². The van der Waals surface area contributed by atoms with Crippen LogP contribution in [0.3, 0.4) is 0 Å². The van der Waals surface area contributed by atoms with Crippen molar-refractivity contribution in [3.63, 3.8) is 0 Å². The zero-order valence-corrected chi connectivity index (χ0v) is 10.6. The number of primary amides is 1. The molecule has 1 aliphatic heterocycles. The van der Waals surface area contributed by atoms with E-state index in [1.165, 1.54) is 0 Å². The highest BCUT2D eigenvalue weighted by molar-refractivity contribution is 9.10. The molecule has 1 fully saturated rings. The van der Waals surface area contributed by atoms with E-state index in [-0.39, 0.29) is 11.8 Å². The van der Waals surface area contributed by atoms with Crippen LogP contribution < -0.4 is 10.6 Å². The number of halogens is 1. The summed E-state index contributed by atoms with van der Waals surface area (Å²) >= 11 is 3.45. The third kappa shape index (κ3) is 2.55. The van der Waals surface area contributed by atoms with Gasteiger partial charge in [-0.2, -0.15) is 0 Å². The van der Waals surface area contributed by atoms with E-state index in [0.717, 1.165) is 36.1 Å². The summed E-state index contributed by atoms with van der Waals surface area (Å²) in [5.41, 5.74) is 6.52. The second-order valence-electron chi connectivity index (χ2n) is 4.17. The van der Waals surface area contributed by atoms with Gasteiger partial charge in [0.1, 0.15) is 0 Å². The van der Waals surface area contributed by atoms with Gasteiger partial charge >= 0.3 is 0 Å². The first-order valence-electron chi connectivity index (χ1n) is 5.46. The Bertz CT molecular complexity index is 394. The minimum Gasteiger partial charge on any atom is -0.371 e. The molecule has 0 saturated carbocycles. The summed E-state index contributed by atoms with van der Waals surface area (Å²) in [4.78, 5) is 13.4. The van der Waals surface area contributed by atoms with Crippen LogP contribution >= 0.6 is 15.9 Å². The van der Waals surface area contributed by atoms with Gasteiger partial charge in [0.05, 0.1) is 5.92 Å². The van der Waals surface area contributed by atoms with Crippen molar-refractivity contribution in [3.8, 4) is 0 Å². The summed E-state index contributed by atoms with van der Waals surface area (Å²) in [5, 5.41) is 0. The van der Waals surface area contributed by atoms with Gasteiger partial charge in [0.2, 0.25) is 5.91 Å². The fraction of sp³-hybridized carbons (Fsp3) is 0.417. The summed E-state index contributed by atoms with van der Waals surface area (Å²) in [6, 6.07) is 8.14. The van der Waals surface area contributed by atoms with E-state index in [0.29, 0.717) is 0 Å². The molecule has 2 N–H and O–H groups in total. The van der Waals surface area contributed by atoms with Gasteiger partial charge in [0, 0.05) is 23.2 Å². The van der Waals surface area contributed by atoms with Gasteiger partial charge in [-0.3, -0.25) is 4.79 Å². The van der Waals surface area contributed by atoms with E-state index in [2.05, 4.69) is 33.0 Å². The van der Waals surface area contributed by atoms with Crippen LogP contribution in [-0.2, 0) is 4.79 Å². The monoisotopic (exact) mass is 282 g/mol. The molecule has 1 heterocycles. The summed E-state index contributed by atoms with van der Waals surface area (Å²) in [5.74, 6) is -0.188. The first-order chi connectivity index (χ1) is 7.66. The molecular formula is C12H15BrN2O. The molecule has 1 unspecified atom stereocenters. The first-order valence-corrected chi connectivity index (χ1v) is 6.26. The summed E-state index contributed by atoms with van der Waals surface area (Å²) in [6.45, 7) is 1.74. The summed E-state index contributed by atoms with van der Waals surface area (Å²) < 4.78 is 1.06. The molecule has 0 spiro atoms. The van der Waals surface area contributed by atoms with Crippen molar-refractivity contribution in [2.24, 2.45) is 11.7 Å². The number of anilines is 1. The number of amides is 1. The number of hydrogen-bond acceptors (Lipinski definition) is 2. The molecule has 1 aromatic rings. The van der Waals surface area contributed by atoms with Crippen LogP contribution in [0, 0.1) is 5.92 Å². The molecule has 1 atom stereocenters. The number of nitrogens with zero attached hydrogens (tertiary/aromatic N) is 1. The van der Waals surface area contributed by atoms with Gasteiger partial charge in [0.25, 0.3) is 0 Å². The molecule has 0 bridgehead atoms. The maximum absolute atomic E-state index is 11.2. The predicted molar refractivity (Wildman–Crippen MR) is 68.3 cm³/mol. The van der Waals surface area contributed by atoms with Gasteiger partial charge in [0.15, 0.2) is 0 Å². The Morgan fingerprint density at radius 3 is 3.00 bits per heavy atom. The van der Waals surface area contributed by atoms with Gasteiger partial charge in [-0.25, -0.2) is 0 Å². The third-order valence-corrected chi connectivity index (χ3v) is 3.49. The Hall–Kier alpha value is -1.03. The molecule has 1 saturated heterocycles. The van der Waals surface area contributed by atoms with E-state index < -0.39 is 0 Å². The van der Waals surface area contributed by atoms with Crippen molar-refractivity contribution < 1.29 is 4.79 Å². The van der Waals surface area contributed by atoms with E-state index in [1.807, 2.05) is 12.1 Å². The SMILES string of the molecule is NC(=O)C1CCCN(c2cccc(Br)c2)C1. The van der Waals surface area contributed by atoms with Crippen molar-refractivity contribution >= 4 is 27.5 Å². The number of benzene rings is 1. The molecule has 1 aliphatic rings. The Kier molecular flexibility index (Phi) is 3.49. The molecule has 3 nitrogen and oxygen atoms in total. The molecule has 86 valence electrons. The highest BCUT2D eigenvalue weighted by Crippen LogP contribution is 2.25. The Balaban J connectivity index is 2.12. The third-order valence-electron chi connectivity index (χ3n) is 3.00. The normalized spacial score (nSPS) is 20.8. The van der Waals surface area contributed by atoms with Crippen molar-refractivity contribution in [3.05, 3.63) is 28.7 Å². The molecule has 2 rings (SSSR count). The smallest absolute Gasteiger partial charge is 0.222 e. The molecule has 0 aliphatic carbocycles. The van der Waals surface area contributed by atoms with Crippen LogP contribution in [0.4, 0.5) is 5.69 Å². The first kappa shape index (κ1) is 11.5. The molecule has 4 heteroatoms. The lowest BCUT2D eigenvalue weighted by molar-refractivity contribution is -0.122. The van der Waals surface area contributed by atoms with E-state index in [9.17, 15) is 4.79 Å². The molecule has 1 aromatic carbocycles. The highest BCUT2D eigenvalue weighted by Gasteiger charge is 2.23. The van der Waals surface area contributed by atoms with Crippen LogP contribution in [0.25, 0.3) is 0 Å². The van der Waals surface area contributed by atoms with Gasteiger partial charge in [-0.05, 0) is 31.0 Å². The number of rotatable bonds is 2. The predicted octanol–water partition coefficient (Wildman–Crippen LogP) is 2.15. The lowest BCUT2D eigenvalue weighted by Gasteiger charge is -2.33. The van der Waals surface area contributed by atoms with Crippen molar-refractivity contribution in [2.75, 3.05) is 18.0 Å². The summed E-state index contributed by atoms with van der Waals surface area (Å²) in [6.07, 6.45) is 1.94. The van der Waals surface area contributed by atoms with E-state index in [4.69, 9.17) is 5.73 Å². The maximum Gasteiger partial charge on any atom is 0.222 e. The zero-order chi connectivity index (χ0) is 11.5.